The van der Waals surface area contributed by atoms with E-state index in [9.17, 15) is 61.0 Å². The number of hydrogen-bond acceptors (Lipinski definition) is 17. The van der Waals surface area contributed by atoms with Crippen molar-refractivity contribution in [3.8, 4) is 0 Å². The summed E-state index contributed by atoms with van der Waals surface area (Å²) in [7, 11) is 0. The van der Waals surface area contributed by atoms with Gasteiger partial charge in [0, 0.05) is 0 Å². The Balaban J connectivity index is 1.21. The van der Waals surface area contributed by atoms with Crippen LogP contribution < -0.4 is 0 Å². The molecular weight excluding hydrogens is 744 g/mol. The molecule has 3 saturated heterocycles. The van der Waals surface area contributed by atoms with Crippen molar-refractivity contribution in [3.63, 3.8) is 0 Å². The maximum absolute atomic E-state index is 12.7. The molecule has 0 aromatic carbocycles. The molecule has 3 aliphatic heterocycles. The van der Waals surface area contributed by atoms with E-state index in [1.165, 1.54) is 0 Å². The highest BCUT2D eigenvalue weighted by Gasteiger charge is 2.69. The normalized spacial score (nSPS) is 54.6. The van der Waals surface area contributed by atoms with Gasteiger partial charge in [-0.1, -0.05) is 19.9 Å². The molecule has 16 unspecified atom stereocenters. The van der Waals surface area contributed by atoms with Gasteiger partial charge in [0.25, 0.3) is 0 Å². The fourth-order valence-corrected chi connectivity index (χ4v) is 12.1. The number of aliphatic hydroxyl groups excluding tert-OH is 10. The Morgan fingerprint density at radius 3 is 1.75 bits per heavy atom. The zero-order valence-corrected chi connectivity index (χ0v) is 31.8. The number of carbonyl (C=O) groups is 1. The quantitative estimate of drug-likeness (QED) is 0.0812. The number of aliphatic hydroxyl groups is 10. The maximum Gasteiger partial charge on any atom is 0.309 e. The van der Waals surface area contributed by atoms with E-state index in [0.29, 0.717) is 32.1 Å². The van der Waals surface area contributed by atoms with Gasteiger partial charge in [-0.15, -0.1) is 0 Å². The van der Waals surface area contributed by atoms with Crippen molar-refractivity contribution in [1.82, 2.24) is 0 Å². The zero-order chi connectivity index (χ0) is 40.7. The minimum Gasteiger partial charge on any atom is -0.481 e. The minimum atomic E-state index is -1.91. The fraction of sp³-hybridized carbons (Fsp3) is 0.921. The van der Waals surface area contributed by atoms with Crippen LogP contribution in [0.2, 0.25) is 0 Å². The van der Waals surface area contributed by atoms with Crippen molar-refractivity contribution in [3.05, 3.63) is 12.2 Å². The van der Waals surface area contributed by atoms with Crippen molar-refractivity contribution in [2.75, 3.05) is 19.8 Å². The molecule has 21 atom stereocenters. The fourth-order valence-electron chi connectivity index (χ4n) is 12.1. The third-order valence-corrected chi connectivity index (χ3v) is 15.0. The van der Waals surface area contributed by atoms with Crippen LogP contribution >= 0.6 is 0 Å². The molecule has 0 radical (unpaired) electrons. The molecule has 2 bridgehead atoms. The molecule has 0 amide bonds. The summed E-state index contributed by atoms with van der Waals surface area (Å²) in [5.41, 5.74) is -1.63. The predicted octanol–water partition coefficient (Wildman–Crippen LogP) is -2.37. The molecule has 7 fully saturated rings. The number of fused-ring (bicyclic) bond motifs is 3. The predicted molar refractivity (Wildman–Crippen MR) is 187 cm³/mol. The lowest BCUT2D eigenvalue weighted by Gasteiger charge is -2.64. The van der Waals surface area contributed by atoms with E-state index < -0.39 is 129 Å². The number of ether oxygens (including phenoxy) is 6. The van der Waals surface area contributed by atoms with E-state index in [2.05, 4.69) is 13.5 Å². The lowest BCUT2D eigenvalue weighted by molar-refractivity contribution is -0.400. The van der Waals surface area contributed by atoms with E-state index in [1.807, 2.05) is 6.92 Å². The first-order valence-electron chi connectivity index (χ1n) is 19.9. The van der Waals surface area contributed by atoms with Gasteiger partial charge in [0.2, 0.25) is 0 Å². The average molecular weight is 805 g/mol. The number of hydrogen-bond donors (Lipinski definition) is 11. The van der Waals surface area contributed by atoms with E-state index in [-0.39, 0.29) is 22.7 Å². The Labute approximate surface area is 324 Å². The molecule has 1 spiro atoms. The van der Waals surface area contributed by atoms with Crippen LogP contribution in [0.15, 0.2) is 12.2 Å². The van der Waals surface area contributed by atoms with Gasteiger partial charge < -0.3 is 84.6 Å². The van der Waals surface area contributed by atoms with Crippen molar-refractivity contribution in [2.45, 2.75) is 169 Å². The second-order valence-corrected chi connectivity index (χ2v) is 18.0. The minimum absolute atomic E-state index is 0.00993. The third kappa shape index (κ3) is 6.69. The lowest BCUT2D eigenvalue weighted by Crippen LogP contribution is -2.68. The highest BCUT2D eigenvalue weighted by Crippen LogP contribution is 2.73. The molecule has 4 aliphatic carbocycles. The monoisotopic (exact) mass is 804 g/mol. The van der Waals surface area contributed by atoms with Crippen molar-refractivity contribution in [1.29, 1.82) is 0 Å². The standard InChI is InChI=1S/C38H60O18/c1-16-11-37-9-5-20-35(2,7-4-8-36(20,3)34(49)50)21(37)6-10-38(16,15-37)56-33-30(55-32-28(48)26(46)23(43)18(13-40)52-32)29(24(44)19(14-41)53-33)54-31-27(47)25(45)22(42)17(12-39)51-31/h17-33,39-48H,1,4-15H2,2-3H3,(H,49,50)/t17?,18?,19?,20?,21-,22?,23?,24?,25?,26?,27?,28?,29?,30?,31?,32?,33?,35+,36+,37+,38-/m0/s1. The van der Waals surface area contributed by atoms with Crippen LogP contribution in [-0.4, -0.2) is 180 Å². The number of rotatable bonds is 10. The van der Waals surface area contributed by atoms with Gasteiger partial charge in [-0.25, -0.2) is 0 Å². The summed E-state index contributed by atoms with van der Waals surface area (Å²) in [6.07, 6.45) is -19.3. The summed E-state index contributed by atoms with van der Waals surface area (Å²) in [4.78, 5) is 12.7. The summed E-state index contributed by atoms with van der Waals surface area (Å²) in [6.45, 7) is 6.28. The number of carboxylic acid groups (broad SMARTS) is 1. The molecule has 0 aromatic heterocycles. The van der Waals surface area contributed by atoms with Crippen molar-refractivity contribution >= 4 is 5.97 Å². The van der Waals surface area contributed by atoms with Gasteiger partial charge in [0.05, 0.1) is 30.8 Å². The molecule has 7 aliphatic rings. The lowest BCUT2D eigenvalue weighted by atomic mass is 9.41. The average Bonchev–Trinajstić information content (AvgIpc) is 3.36. The number of carboxylic acids is 1. The topological polar surface area (TPSA) is 295 Å². The maximum atomic E-state index is 12.7. The van der Waals surface area contributed by atoms with Crippen LogP contribution in [0, 0.1) is 28.1 Å². The largest absolute Gasteiger partial charge is 0.481 e. The molecular formula is C38H60O18. The van der Waals surface area contributed by atoms with Crippen LogP contribution in [-0.2, 0) is 33.2 Å². The Hall–Kier alpha value is -1.43. The summed E-state index contributed by atoms with van der Waals surface area (Å²) in [5.74, 6) is -0.606. The summed E-state index contributed by atoms with van der Waals surface area (Å²) in [6, 6.07) is 0. The highest BCUT2D eigenvalue weighted by molar-refractivity contribution is 5.75. The first-order valence-corrected chi connectivity index (χ1v) is 19.9. The molecule has 4 saturated carbocycles. The van der Waals surface area contributed by atoms with Crippen LogP contribution in [0.1, 0.15) is 71.6 Å². The van der Waals surface area contributed by atoms with Gasteiger partial charge in [0.1, 0.15) is 73.2 Å². The van der Waals surface area contributed by atoms with E-state index in [1.54, 1.807) is 0 Å². The van der Waals surface area contributed by atoms with E-state index in [0.717, 1.165) is 31.3 Å². The second kappa shape index (κ2) is 15.6. The van der Waals surface area contributed by atoms with Crippen LogP contribution in [0.5, 0.6) is 0 Å². The smallest absolute Gasteiger partial charge is 0.309 e. The molecule has 56 heavy (non-hydrogen) atoms. The first kappa shape index (κ1) is 42.7. The third-order valence-electron chi connectivity index (χ3n) is 15.0. The van der Waals surface area contributed by atoms with Gasteiger partial charge in [-0.2, -0.15) is 0 Å². The van der Waals surface area contributed by atoms with Gasteiger partial charge in [0.15, 0.2) is 18.9 Å². The Kier molecular flexibility index (Phi) is 11.9. The van der Waals surface area contributed by atoms with Crippen LogP contribution in [0.25, 0.3) is 0 Å². The molecule has 18 nitrogen and oxygen atoms in total. The summed E-state index contributed by atoms with van der Waals surface area (Å²) in [5, 5.41) is 116. The summed E-state index contributed by atoms with van der Waals surface area (Å²) >= 11 is 0. The summed E-state index contributed by atoms with van der Waals surface area (Å²) < 4.78 is 36.7. The van der Waals surface area contributed by atoms with E-state index in [4.69, 9.17) is 28.4 Å². The van der Waals surface area contributed by atoms with Crippen molar-refractivity contribution in [2.24, 2.45) is 28.1 Å². The van der Waals surface area contributed by atoms with Gasteiger partial charge >= 0.3 is 5.97 Å². The molecule has 11 N–H and O–H groups in total. The van der Waals surface area contributed by atoms with Crippen molar-refractivity contribution < 1.29 is 89.4 Å². The van der Waals surface area contributed by atoms with Gasteiger partial charge in [-0.05, 0) is 86.5 Å². The SMILES string of the molecule is C=C1C[C@@]23CCC4[C@](C)(C(=O)O)CCC[C@@]4(C)[C@@H]2CC[C@]1(OC1OC(CO)C(O)C(OC2OC(CO)C(O)C(O)C2O)C1OC1OC(CO)C(O)C(O)C1O)C3. The molecule has 18 heteroatoms. The van der Waals surface area contributed by atoms with Crippen LogP contribution in [0.3, 0.4) is 0 Å². The Morgan fingerprint density at radius 1 is 0.679 bits per heavy atom. The Bertz CT molecular complexity index is 1450. The van der Waals surface area contributed by atoms with Gasteiger partial charge in [-0.3, -0.25) is 4.79 Å². The van der Waals surface area contributed by atoms with E-state index >= 15 is 0 Å². The zero-order valence-electron chi connectivity index (χ0n) is 31.8. The second-order valence-electron chi connectivity index (χ2n) is 18.0. The first-order chi connectivity index (χ1) is 26.4. The molecule has 7 rings (SSSR count). The Morgan fingerprint density at radius 2 is 1.20 bits per heavy atom. The molecule has 320 valence electrons. The van der Waals surface area contributed by atoms with Crippen LogP contribution in [0.4, 0.5) is 0 Å². The number of aliphatic carboxylic acids is 1. The molecule has 0 aromatic rings. The molecule has 3 heterocycles. The highest BCUT2D eigenvalue weighted by atomic mass is 16.8.